The molecule has 2 aromatic carbocycles. The normalized spacial score (nSPS) is 12.8. The third-order valence-electron chi connectivity index (χ3n) is 4.83. The van der Waals surface area contributed by atoms with Crippen molar-refractivity contribution < 1.29 is 19.6 Å². The number of benzene rings is 2. The van der Waals surface area contributed by atoms with Crippen LogP contribution >= 0.6 is 0 Å². The summed E-state index contributed by atoms with van der Waals surface area (Å²) in [4.78, 5) is 25.4. The van der Waals surface area contributed by atoms with E-state index in [0.29, 0.717) is 19.3 Å². The summed E-state index contributed by atoms with van der Waals surface area (Å²) in [7, 11) is -1.66. The molecule has 30 heavy (non-hydrogen) atoms. The SMILES string of the molecule is CC(C)C[C@@H](NC(=O)[C@H](Cc1ccccc1)NC(=O)CCc1ccccc1)B(O)O. The Hall–Kier alpha value is -2.64. The molecule has 0 spiro atoms. The Kier molecular flexibility index (Phi) is 9.57. The summed E-state index contributed by atoms with van der Waals surface area (Å²) in [5, 5.41) is 24.8. The molecule has 0 aromatic heterocycles. The van der Waals surface area contributed by atoms with Crippen molar-refractivity contribution in [2.75, 3.05) is 0 Å². The minimum Gasteiger partial charge on any atom is -0.426 e. The highest BCUT2D eigenvalue weighted by atomic mass is 16.4. The van der Waals surface area contributed by atoms with Crippen LogP contribution in [0.15, 0.2) is 60.7 Å². The van der Waals surface area contributed by atoms with Crippen molar-refractivity contribution in [3.05, 3.63) is 71.8 Å². The van der Waals surface area contributed by atoms with Crippen LogP contribution in [0.3, 0.4) is 0 Å². The summed E-state index contributed by atoms with van der Waals surface area (Å²) in [6, 6.07) is 18.3. The molecule has 2 rings (SSSR count). The summed E-state index contributed by atoms with van der Waals surface area (Å²) < 4.78 is 0. The third-order valence-corrected chi connectivity index (χ3v) is 4.83. The Balaban J connectivity index is 2.05. The lowest BCUT2D eigenvalue weighted by Gasteiger charge is -2.24. The molecule has 2 amide bonds. The number of aryl methyl sites for hydroxylation is 1. The zero-order chi connectivity index (χ0) is 21.9. The second-order valence-electron chi connectivity index (χ2n) is 7.95. The molecule has 0 aliphatic rings. The molecule has 0 fully saturated rings. The first kappa shape index (κ1) is 23.6. The van der Waals surface area contributed by atoms with Crippen LogP contribution in [0.4, 0.5) is 0 Å². The van der Waals surface area contributed by atoms with E-state index in [1.807, 2.05) is 74.5 Å². The van der Waals surface area contributed by atoms with Gasteiger partial charge in [-0.05, 0) is 29.9 Å². The number of rotatable bonds is 11. The minimum absolute atomic E-state index is 0.171. The van der Waals surface area contributed by atoms with Gasteiger partial charge in [0.2, 0.25) is 11.8 Å². The molecule has 0 aliphatic carbocycles. The first-order valence-corrected chi connectivity index (χ1v) is 10.4. The van der Waals surface area contributed by atoms with Gasteiger partial charge in [-0.15, -0.1) is 0 Å². The van der Waals surface area contributed by atoms with Gasteiger partial charge in [-0.2, -0.15) is 0 Å². The van der Waals surface area contributed by atoms with Crippen LogP contribution in [0.25, 0.3) is 0 Å². The lowest BCUT2D eigenvalue weighted by Crippen LogP contribution is -2.55. The molecule has 4 N–H and O–H groups in total. The van der Waals surface area contributed by atoms with Crippen LogP contribution in [0.5, 0.6) is 0 Å². The Labute approximate surface area is 178 Å². The van der Waals surface area contributed by atoms with E-state index in [-0.39, 0.29) is 18.2 Å². The average molecular weight is 410 g/mol. The highest BCUT2D eigenvalue weighted by Crippen LogP contribution is 2.09. The first-order valence-electron chi connectivity index (χ1n) is 10.4. The molecular weight excluding hydrogens is 379 g/mol. The summed E-state index contributed by atoms with van der Waals surface area (Å²) in [6.45, 7) is 3.88. The average Bonchev–Trinajstić information content (AvgIpc) is 2.72. The van der Waals surface area contributed by atoms with E-state index in [4.69, 9.17) is 0 Å². The van der Waals surface area contributed by atoms with Gasteiger partial charge in [0, 0.05) is 12.8 Å². The van der Waals surface area contributed by atoms with Crippen molar-refractivity contribution in [3.63, 3.8) is 0 Å². The highest BCUT2D eigenvalue weighted by Gasteiger charge is 2.29. The number of hydrogen-bond donors (Lipinski definition) is 4. The number of carbonyl (C=O) groups excluding carboxylic acids is 2. The predicted octanol–water partition coefficient (Wildman–Crippen LogP) is 1.89. The van der Waals surface area contributed by atoms with E-state index >= 15 is 0 Å². The van der Waals surface area contributed by atoms with Gasteiger partial charge >= 0.3 is 7.12 Å². The monoisotopic (exact) mass is 410 g/mol. The molecule has 7 heteroatoms. The van der Waals surface area contributed by atoms with Crippen molar-refractivity contribution >= 4 is 18.9 Å². The van der Waals surface area contributed by atoms with Gasteiger partial charge < -0.3 is 20.7 Å². The molecule has 0 unspecified atom stereocenters. The standard InChI is InChI=1S/C23H31BN2O4/c1-17(2)15-21(24(29)30)26-23(28)20(16-19-11-7-4-8-12-19)25-22(27)14-13-18-9-5-3-6-10-18/h3-12,17,20-21,29-30H,13-16H2,1-2H3,(H,25,27)(H,26,28)/t20-,21+/m0/s1. The van der Waals surface area contributed by atoms with Crippen LogP contribution in [0.1, 0.15) is 37.8 Å². The van der Waals surface area contributed by atoms with E-state index in [9.17, 15) is 19.6 Å². The molecule has 2 atom stereocenters. The Morgan fingerprint density at radius 3 is 2.00 bits per heavy atom. The second-order valence-corrected chi connectivity index (χ2v) is 7.95. The van der Waals surface area contributed by atoms with E-state index < -0.39 is 25.0 Å². The maximum absolute atomic E-state index is 12.9. The quantitative estimate of drug-likeness (QED) is 0.425. The number of amides is 2. The van der Waals surface area contributed by atoms with Crippen LogP contribution in [0, 0.1) is 5.92 Å². The van der Waals surface area contributed by atoms with Gasteiger partial charge in [-0.1, -0.05) is 74.5 Å². The summed E-state index contributed by atoms with van der Waals surface area (Å²) in [5.41, 5.74) is 1.96. The maximum atomic E-state index is 12.9. The Bertz CT molecular complexity index is 784. The zero-order valence-electron chi connectivity index (χ0n) is 17.6. The van der Waals surface area contributed by atoms with Gasteiger partial charge in [0.1, 0.15) is 6.04 Å². The van der Waals surface area contributed by atoms with E-state index in [1.54, 1.807) is 0 Å². The Morgan fingerprint density at radius 2 is 1.47 bits per heavy atom. The molecule has 0 saturated heterocycles. The number of carbonyl (C=O) groups is 2. The molecule has 160 valence electrons. The van der Waals surface area contributed by atoms with Crippen molar-refractivity contribution in [2.45, 2.75) is 51.5 Å². The van der Waals surface area contributed by atoms with Crippen molar-refractivity contribution in [3.8, 4) is 0 Å². The van der Waals surface area contributed by atoms with Gasteiger partial charge in [0.15, 0.2) is 0 Å². The fourth-order valence-corrected chi connectivity index (χ4v) is 3.27. The van der Waals surface area contributed by atoms with Crippen molar-refractivity contribution in [1.29, 1.82) is 0 Å². The van der Waals surface area contributed by atoms with E-state index in [1.165, 1.54) is 0 Å². The summed E-state index contributed by atoms with van der Waals surface area (Å²) in [5.74, 6) is -1.27. The van der Waals surface area contributed by atoms with Gasteiger partial charge in [-0.3, -0.25) is 9.59 Å². The summed E-state index contributed by atoms with van der Waals surface area (Å²) >= 11 is 0. The first-order chi connectivity index (χ1) is 14.3. The second kappa shape index (κ2) is 12.1. The van der Waals surface area contributed by atoms with Crippen LogP contribution in [-0.2, 0) is 22.4 Å². The lowest BCUT2D eigenvalue weighted by molar-refractivity contribution is -0.129. The van der Waals surface area contributed by atoms with Crippen molar-refractivity contribution in [2.24, 2.45) is 5.92 Å². The molecular formula is C23H31BN2O4. The van der Waals surface area contributed by atoms with Gasteiger partial charge in [0.25, 0.3) is 0 Å². The molecule has 0 saturated carbocycles. The third kappa shape index (κ3) is 8.39. The van der Waals surface area contributed by atoms with Gasteiger partial charge in [-0.25, -0.2) is 0 Å². The van der Waals surface area contributed by atoms with Crippen LogP contribution < -0.4 is 10.6 Å². The zero-order valence-corrected chi connectivity index (χ0v) is 17.6. The molecule has 2 aromatic rings. The minimum atomic E-state index is -1.66. The molecule has 6 nitrogen and oxygen atoms in total. The summed E-state index contributed by atoms with van der Waals surface area (Å²) in [6.07, 6.45) is 1.58. The van der Waals surface area contributed by atoms with Gasteiger partial charge in [0.05, 0.1) is 5.94 Å². The molecule has 0 heterocycles. The largest absolute Gasteiger partial charge is 0.475 e. The van der Waals surface area contributed by atoms with Crippen LogP contribution in [0.2, 0.25) is 0 Å². The fraction of sp³-hybridized carbons (Fsp3) is 0.391. The predicted molar refractivity (Wildman–Crippen MR) is 118 cm³/mol. The van der Waals surface area contributed by atoms with Crippen LogP contribution in [-0.4, -0.2) is 41.0 Å². The molecule has 0 radical (unpaired) electrons. The fourth-order valence-electron chi connectivity index (χ4n) is 3.27. The van der Waals surface area contributed by atoms with E-state index in [0.717, 1.165) is 11.1 Å². The highest BCUT2D eigenvalue weighted by molar-refractivity contribution is 6.43. The maximum Gasteiger partial charge on any atom is 0.475 e. The molecule has 0 aliphatic heterocycles. The van der Waals surface area contributed by atoms with E-state index in [2.05, 4.69) is 10.6 Å². The van der Waals surface area contributed by atoms with Crippen molar-refractivity contribution in [1.82, 2.24) is 10.6 Å². The topological polar surface area (TPSA) is 98.7 Å². The number of hydrogen-bond acceptors (Lipinski definition) is 4. The smallest absolute Gasteiger partial charge is 0.426 e. The lowest BCUT2D eigenvalue weighted by atomic mass is 9.75. The Morgan fingerprint density at radius 1 is 0.900 bits per heavy atom. The molecule has 0 bridgehead atoms. The number of nitrogens with one attached hydrogen (secondary N) is 2.